The molecular formula is C26H36F4N2O3. The van der Waals surface area contributed by atoms with Crippen LogP contribution < -0.4 is 11.1 Å². The average molecular weight is 501 g/mol. The number of aliphatic hydroxyl groups is 1. The SMILES string of the molecule is C/C=C\C.C=C.C=O.CCc1cccc(C(F)(F)F)c1.NC(=O)C[C@@H](NCO)c1ccc(F)cc1. The number of aliphatic hydroxyl groups excluding tert-OH is 1. The summed E-state index contributed by atoms with van der Waals surface area (Å²) < 4.78 is 48.9. The van der Waals surface area contributed by atoms with Gasteiger partial charge in [-0.15, -0.1) is 13.2 Å². The van der Waals surface area contributed by atoms with Crippen LogP contribution in [0.1, 0.15) is 49.9 Å². The highest BCUT2D eigenvalue weighted by Gasteiger charge is 2.30. The normalized spacial score (nSPS) is 10.6. The van der Waals surface area contributed by atoms with Crippen LogP contribution in [0.15, 0.2) is 73.8 Å². The Bertz CT molecular complexity index is 820. The number of allylic oxidation sites excluding steroid dienone is 2. The van der Waals surface area contributed by atoms with E-state index in [0.717, 1.165) is 6.07 Å². The lowest BCUT2D eigenvalue weighted by molar-refractivity contribution is -0.137. The highest BCUT2D eigenvalue weighted by atomic mass is 19.4. The minimum Gasteiger partial charge on any atom is -0.381 e. The summed E-state index contributed by atoms with van der Waals surface area (Å²) in [6.07, 6.45) is 0.474. The van der Waals surface area contributed by atoms with Crippen LogP contribution in [0, 0.1) is 5.82 Å². The zero-order chi connectivity index (χ0) is 27.9. The molecule has 0 aromatic heterocycles. The Balaban J connectivity index is -0.000000457. The molecule has 2 rings (SSSR count). The topological polar surface area (TPSA) is 92.4 Å². The van der Waals surface area contributed by atoms with Crippen LogP contribution in [0.2, 0.25) is 0 Å². The molecule has 0 aliphatic carbocycles. The van der Waals surface area contributed by atoms with Crippen molar-refractivity contribution in [2.45, 2.75) is 45.8 Å². The number of hydrogen-bond donors (Lipinski definition) is 3. The molecule has 0 unspecified atom stereocenters. The number of aryl methyl sites for hydroxylation is 1. The second-order valence-electron chi connectivity index (χ2n) is 6.36. The van der Waals surface area contributed by atoms with Gasteiger partial charge in [0, 0.05) is 12.5 Å². The zero-order valence-corrected chi connectivity index (χ0v) is 20.4. The van der Waals surface area contributed by atoms with Crippen LogP contribution in [0.3, 0.4) is 0 Å². The first-order chi connectivity index (χ1) is 16.6. The fraction of sp³-hybridized carbons (Fsp3) is 0.308. The molecule has 35 heavy (non-hydrogen) atoms. The molecule has 0 saturated carbocycles. The lowest BCUT2D eigenvalue weighted by Gasteiger charge is -2.15. The van der Waals surface area contributed by atoms with E-state index in [1.54, 1.807) is 18.2 Å². The van der Waals surface area contributed by atoms with Crippen LogP contribution >= 0.6 is 0 Å². The molecule has 0 bridgehead atoms. The predicted octanol–water partition coefficient (Wildman–Crippen LogP) is 5.75. The maximum atomic E-state index is 12.6. The van der Waals surface area contributed by atoms with Crippen molar-refractivity contribution in [2.24, 2.45) is 5.73 Å². The Kier molecular flexibility index (Phi) is 23.3. The summed E-state index contributed by atoms with van der Waals surface area (Å²) in [7, 11) is 0. The molecule has 0 heterocycles. The van der Waals surface area contributed by atoms with Crippen LogP contribution in [0.25, 0.3) is 0 Å². The van der Waals surface area contributed by atoms with E-state index in [0.29, 0.717) is 17.5 Å². The third kappa shape index (κ3) is 18.8. The summed E-state index contributed by atoms with van der Waals surface area (Å²) in [6, 6.07) is 10.7. The van der Waals surface area contributed by atoms with E-state index in [4.69, 9.17) is 15.6 Å². The maximum Gasteiger partial charge on any atom is 0.416 e. The molecule has 9 heteroatoms. The van der Waals surface area contributed by atoms with Crippen molar-refractivity contribution in [3.05, 3.63) is 96.3 Å². The number of primary amides is 1. The van der Waals surface area contributed by atoms with Gasteiger partial charge >= 0.3 is 6.18 Å². The van der Waals surface area contributed by atoms with E-state index in [1.165, 1.54) is 24.3 Å². The number of halogens is 4. The van der Waals surface area contributed by atoms with Crippen molar-refractivity contribution >= 4 is 12.7 Å². The predicted molar refractivity (Wildman–Crippen MR) is 133 cm³/mol. The maximum absolute atomic E-state index is 12.6. The number of rotatable bonds is 6. The third-order valence-corrected chi connectivity index (χ3v) is 4.01. The van der Waals surface area contributed by atoms with Gasteiger partial charge in [-0.1, -0.05) is 49.4 Å². The van der Waals surface area contributed by atoms with Crippen molar-refractivity contribution in [1.29, 1.82) is 0 Å². The number of nitrogens with one attached hydrogen (secondary N) is 1. The monoisotopic (exact) mass is 500 g/mol. The van der Waals surface area contributed by atoms with Gasteiger partial charge in [-0.05, 0) is 49.6 Å². The summed E-state index contributed by atoms with van der Waals surface area (Å²) in [5, 5.41) is 11.4. The van der Waals surface area contributed by atoms with Crippen molar-refractivity contribution in [1.82, 2.24) is 5.32 Å². The molecule has 1 atom stereocenters. The van der Waals surface area contributed by atoms with Gasteiger partial charge in [0.05, 0.1) is 12.3 Å². The molecule has 5 nitrogen and oxygen atoms in total. The summed E-state index contributed by atoms with van der Waals surface area (Å²) in [5.74, 6) is -0.828. The first-order valence-electron chi connectivity index (χ1n) is 10.5. The Morgan fingerprint density at radius 1 is 1.09 bits per heavy atom. The number of carbonyl (C=O) groups is 2. The molecular weight excluding hydrogens is 464 g/mol. The highest BCUT2D eigenvalue weighted by Crippen LogP contribution is 2.29. The summed E-state index contributed by atoms with van der Waals surface area (Å²) in [5.41, 5.74) is 5.91. The van der Waals surface area contributed by atoms with Gasteiger partial charge < -0.3 is 15.6 Å². The minimum atomic E-state index is -4.22. The van der Waals surface area contributed by atoms with Gasteiger partial charge in [-0.3, -0.25) is 10.1 Å². The molecule has 0 fully saturated rings. The van der Waals surface area contributed by atoms with Gasteiger partial charge in [0.25, 0.3) is 0 Å². The Hall–Kier alpha value is -3.30. The molecule has 0 radical (unpaired) electrons. The van der Waals surface area contributed by atoms with E-state index < -0.39 is 17.6 Å². The average Bonchev–Trinajstić information content (AvgIpc) is 2.86. The molecule has 196 valence electrons. The molecule has 0 spiro atoms. The van der Waals surface area contributed by atoms with Gasteiger partial charge in [-0.2, -0.15) is 13.2 Å². The van der Waals surface area contributed by atoms with Gasteiger partial charge in [0.15, 0.2) is 0 Å². The van der Waals surface area contributed by atoms with E-state index >= 15 is 0 Å². The van der Waals surface area contributed by atoms with Gasteiger partial charge in [-0.25, -0.2) is 4.39 Å². The molecule has 0 saturated heterocycles. The second kappa shape index (κ2) is 22.5. The van der Waals surface area contributed by atoms with E-state index in [9.17, 15) is 22.4 Å². The second-order valence-corrected chi connectivity index (χ2v) is 6.36. The summed E-state index contributed by atoms with van der Waals surface area (Å²) in [4.78, 5) is 18.8. The Morgan fingerprint density at radius 3 is 1.97 bits per heavy atom. The highest BCUT2D eigenvalue weighted by molar-refractivity contribution is 5.74. The van der Waals surface area contributed by atoms with Gasteiger partial charge in [0.1, 0.15) is 12.6 Å². The number of nitrogens with two attached hydrogens (primary N) is 1. The van der Waals surface area contributed by atoms with Crippen molar-refractivity contribution in [2.75, 3.05) is 6.73 Å². The van der Waals surface area contributed by atoms with Crippen molar-refractivity contribution < 1.29 is 32.3 Å². The van der Waals surface area contributed by atoms with E-state index in [2.05, 4.69) is 18.5 Å². The number of benzene rings is 2. The number of alkyl halides is 3. The van der Waals surface area contributed by atoms with Crippen molar-refractivity contribution in [3.63, 3.8) is 0 Å². The smallest absolute Gasteiger partial charge is 0.381 e. The van der Waals surface area contributed by atoms with Crippen LogP contribution in [-0.2, 0) is 22.2 Å². The van der Waals surface area contributed by atoms with Crippen LogP contribution in [-0.4, -0.2) is 24.5 Å². The first kappa shape index (κ1) is 36.3. The molecule has 4 N–H and O–H groups in total. The zero-order valence-electron chi connectivity index (χ0n) is 20.4. The number of hydrogen-bond acceptors (Lipinski definition) is 4. The molecule has 1 amide bonds. The van der Waals surface area contributed by atoms with E-state index in [1.807, 2.05) is 39.7 Å². The minimum absolute atomic E-state index is 0.0617. The number of amides is 1. The lowest BCUT2D eigenvalue weighted by atomic mass is 10.0. The Morgan fingerprint density at radius 2 is 1.60 bits per heavy atom. The van der Waals surface area contributed by atoms with Crippen molar-refractivity contribution in [3.8, 4) is 0 Å². The standard InChI is InChI=1S/C10H13FN2O2.C9H9F3.C4H8.C2H4.CH2O/c11-8-3-1-7(2-4-8)9(13-6-14)5-10(12)15;1-2-7-4-3-5-8(6-7)9(10,11)12;1-3-4-2;2*1-2/h1-4,9,13-14H,5-6H2,(H2,12,15);3-6H,2H2,1H3;3-4H,1-2H3;1-2H2;1H2/b;;4-3-;;/t9-;;;;/m1..../s1. The number of carbonyl (C=O) groups excluding carboxylic acids is 2. The lowest BCUT2D eigenvalue weighted by Crippen LogP contribution is -2.27. The summed E-state index contributed by atoms with van der Waals surface area (Å²) >= 11 is 0. The fourth-order valence-corrected chi connectivity index (χ4v) is 2.28. The molecule has 2 aromatic carbocycles. The first-order valence-corrected chi connectivity index (χ1v) is 10.5. The molecule has 2 aromatic rings. The third-order valence-electron chi connectivity index (χ3n) is 4.01. The largest absolute Gasteiger partial charge is 0.416 e. The quantitative estimate of drug-likeness (QED) is 0.268. The molecule has 0 aliphatic heterocycles. The summed E-state index contributed by atoms with van der Waals surface area (Å²) in [6.45, 7) is 13.6. The fourth-order valence-electron chi connectivity index (χ4n) is 2.28. The Labute approximate surface area is 205 Å². The van der Waals surface area contributed by atoms with Crippen LogP contribution in [0.4, 0.5) is 17.6 Å². The van der Waals surface area contributed by atoms with E-state index in [-0.39, 0.29) is 25.0 Å². The van der Waals surface area contributed by atoms with Crippen LogP contribution in [0.5, 0.6) is 0 Å². The van der Waals surface area contributed by atoms with Gasteiger partial charge in [0.2, 0.25) is 5.91 Å². The molecule has 0 aliphatic rings.